The Morgan fingerprint density at radius 1 is 1.12 bits per heavy atom. The van der Waals surface area contributed by atoms with Crippen molar-refractivity contribution in [3.8, 4) is 0 Å². The molecule has 5 rings (SSSR count). The van der Waals surface area contributed by atoms with Crippen molar-refractivity contribution in [2.24, 2.45) is 5.92 Å². The highest BCUT2D eigenvalue weighted by atomic mass is 19.1. The van der Waals surface area contributed by atoms with Gasteiger partial charge in [-0.05, 0) is 55.5 Å². The van der Waals surface area contributed by atoms with Crippen LogP contribution in [0.25, 0.3) is 16.5 Å². The van der Waals surface area contributed by atoms with E-state index < -0.39 is 5.41 Å². The van der Waals surface area contributed by atoms with Crippen molar-refractivity contribution >= 4 is 22.3 Å². The van der Waals surface area contributed by atoms with Crippen molar-refractivity contribution in [3.05, 3.63) is 77.8 Å². The van der Waals surface area contributed by atoms with E-state index in [0.29, 0.717) is 5.78 Å². The minimum absolute atomic E-state index is 0.177. The van der Waals surface area contributed by atoms with E-state index in [4.69, 9.17) is 4.42 Å². The molecule has 1 fully saturated rings. The molecular weight excluding hydrogens is 413 g/mol. The second kappa shape index (κ2) is 9.26. The molecule has 2 aromatic carbocycles. The molecule has 2 heterocycles. The van der Waals surface area contributed by atoms with E-state index in [1.165, 1.54) is 12.5 Å². The topological polar surface area (TPSA) is 33.5 Å². The Labute approximate surface area is 195 Å². The molecule has 1 unspecified atom stereocenters. The Hall–Kier alpha value is -2.72. The predicted octanol–water partition coefficient (Wildman–Crippen LogP) is 6.77. The molecule has 0 N–H and O–H groups in total. The molecule has 33 heavy (non-hydrogen) atoms. The molecule has 0 radical (unpaired) electrons. The van der Waals surface area contributed by atoms with E-state index in [-0.39, 0.29) is 11.7 Å². The lowest BCUT2D eigenvalue weighted by Crippen LogP contribution is -2.41. The van der Waals surface area contributed by atoms with Crippen LogP contribution in [0, 0.1) is 11.7 Å². The van der Waals surface area contributed by atoms with E-state index >= 15 is 0 Å². The molecule has 4 heteroatoms. The first-order valence-electron chi connectivity index (χ1n) is 12.2. The highest BCUT2D eigenvalue weighted by Crippen LogP contribution is 2.37. The lowest BCUT2D eigenvalue weighted by atomic mass is 9.69. The van der Waals surface area contributed by atoms with Crippen molar-refractivity contribution < 1.29 is 13.6 Å². The molecule has 172 valence electrons. The average molecular weight is 446 g/mol. The molecule has 3 nitrogen and oxygen atoms in total. The zero-order valence-electron chi connectivity index (χ0n) is 19.4. The van der Waals surface area contributed by atoms with Crippen molar-refractivity contribution in [2.45, 2.75) is 50.9 Å². The predicted molar refractivity (Wildman–Crippen MR) is 131 cm³/mol. The number of carbonyl (C=O) groups is 1. The number of carbonyl (C=O) groups excluding carboxylic acids is 1. The molecule has 1 aromatic heterocycles. The van der Waals surface area contributed by atoms with Crippen molar-refractivity contribution in [2.75, 3.05) is 19.6 Å². The van der Waals surface area contributed by atoms with Gasteiger partial charge in [0.25, 0.3) is 0 Å². The highest BCUT2D eigenvalue weighted by molar-refractivity contribution is 5.92. The van der Waals surface area contributed by atoms with Crippen LogP contribution in [-0.2, 0) is 10.2 Å². The number of ketones is 1. The van der Waals surface area contributed by atoms with Gasteiger partial charge in [0.15, 0.2) is 0 Å². The summed E-state index contributed by atoms with van der Waals surface area (Å²) in [5.41, 5.74) is 3.30. The first-order valence-corrected chi connectivity index (χ1v) is 12.2. The van der Waals surface area contributed by atoms with Crippen LogP contribution >= 0.6 is 0 Å². The van der Waals surface area contributed by atoms with Crippen LogP contribution in [0.2, 0.25) is 0 Å². The van der Waals surface area contributed by atoms with Gasteiger partial charge in [-0.15, -0.1) is 0 Å². The second-order valence-electron chi connectivity index (χ2n) is 9.90. The van der Waals surface area contributed by atoms with Gasteiger partial charge in [-0.1, -0.05) is 55.7 Å². The summed E-state index contributed by atoms with van der Waals surface area (Å²) in [6.07, 6.45) is 10.2. The Morgan fingerprint density at radius 2 is 1.91 bits per heavy atom. The summed E-state index contributed by atoms with van der Waals surface area (Å²) >= 11 is 0. The summed E-state index contributed by atoms with van der Waals surface area (Å²) in [4.78, 5) is 16.1. The van der Waals surface area contributed by atoms with E-state index in [2.05, 4.69) is 30.0 Å². The summed E-state index contributed by atoms with van der Waals surface area (Å²) in [7, 11) is 0. The normalized spacial score (nSPS) is 19.5. The third-order valence-electron chi connectivity index (χ3n) is 7.71. The largest absolute Gasteiger partial charge is 0.464 e. The molecule has 2 aliphatic rings. The Balaban J connectivity index is 1.32. The third kappa shape index (κ3) is 4.41. The standard InChI is InChI=1S/C29H32FNO2/c1-29(24-10-6-3-7-11-24,28(32)21-8-4-2-5-9-21)14-16-31-15-12-23(20-31)26-19-25(30)18-22-13-17-33-27(22)26/h3,6-7,10-13,17-19,21H,2,4-5,8-9,14-16,20H2,1H3. The smallest absolute Gasteiger partial charge is 0.146 e. The zero-order chi connectivity index (χ0) is 22.8. The Kier molecular flexibility index (Phi) is 6.20. The van der Waals surface area contributed by atoms with E-state index in [1.54, 1.807) is 18.4 Å². The Bertz CT molecular complexity index is 1160. The fourth-order valence-electron chi connectivity index (χ4n) is 5.67. The summed E-state index contributed by atoms with van der Waals surface area (Å²) in [6.45, 7) is 4.50. The van der Waals surface area contributed by atoms with Crippen LogP contribution in [0.3, 0.4) is 0 Å². The lowest BCUT2D eigenvalue weighted by Gasteiger charge is -2.35. The third-order valence-corrected chi connectivity index (χ3v) is 7.71. The van der Waals surface area contributed by atoms with Gasteiger partial charge < -0.3 is 4.42 Å². The van der Waals surface area contributed by atoms with Gasteiger partial charge in [-0.25, -0.2) is 4.39 Å². The molecule has 0 bridgehead atoms. The van der Waals surface area contributed by atoms with Crippen LogP contribution in [0.15, 0.2) is 65.3 Å². The summed E-state index contributed by atoms with van der Waals surface area (Å²) in [6, 6.07) is 15.2. The number of furan rings is 1. The highest BCUT2D eigenvalue weighted by Gasteiger charge is 2.39. The van der Waals surface area contributed by atoms with Gasteiger partial charge in [-0.3, -0.25) is 9.69 Å². The maximum atomic E-state index is 14.2. The molecular formula is C29H32FNO2. The van der Waals surface area contributed by atoms with Crippen molar-refractivity contribution in [1.82, 2.24) is 4.90 Å². The molecule has 0 spiro atoms. The molecule has 3 aromatic rings. The number of rotatable bonds is 7. The molecule has 0 amide bonds. The van der Waals surface area contributed by atoms with E-state index in [1.807, 2.05) is 18.2 Å². The van der Waals surface area contributed by atoms with Gasteiger partial charge in [0.2, 0.25) is 0 Å². The monoisotopic (exact) mass is 445 g/mol. The number of Topliss-reactive ketones (excluding diaryl/α,β-unsaturated/α-hetero) is 1. The van der Waals surface area contributed by atoms with Crippen LogP contribution in [0.5, 0.6) is 0 Å². The van der Waals surface area contributed by atoms with Gasteiger partial charge in [0.05, 0.1) is 11.7 Å². The van der Waals surface area contributed by atoms with Gasteiger partial charge in [0.1, 0.15) is 17.2 Å². The molecule has 1 atom stereocenters. The molecule has 1 aliphatic heterocycles. The second-order valence-corrected chi connectivity index (χ2v) is 9.90. The number of hydrogen-bond donors (Lipinski definition) is 0. The Morgan fingerprint density at radius 3 is 2.70 bits per heavy atom. The lowest BCUT2D eigenvalue weighted by molar-refractivity contribution is -0.129. The number of hydrogen-bond acceptors (Lipinski definition) is 3. The first kappa shape index (κ1) is 22.1. The van der Waals surface area contributed by atoms with E-state index in [0.717, 1.165) is 79.4 Å². The number of halogens is 1. The van der Waals surface area contributed by atoms with Crippen molar-refractivity contribution in [1.29, 1.82) is 0 Å². The summed E-state index contributed by atoms with van der Waals surface area (Å²) in [5.74, 6) is 0.340. The average Bonchev–Trinajstić information content (AvgIpc) is 3.52. The maximum Gasteiger partial charge on any atom is 0.146 e. The first-order chi connectivity index (χ1) is 16.0. The maximum absolute atomic E-state index is 14.2. The fraction of sp³-hybridized carbons (Fsp3) is 0.414. The minimum atomic E-state index is -0.487. The zero-order valence-corrected chi connectivity index (χ0v) is 19.4. The van der Waals surface area contributed by atoms with Crippen LogP contribution < -0.4 is 0 Å². The van der Waals surface area contributed by atoms with Gasteiger partial charge in [-0.2, -0.15) is 0 Å². The minimum Gasteiger partial charge on any atom is -0.464 e. The van der Waals surface area contributed by atoms with Crippen LogP contribution in [0.4, 0.5) is 4.39 Å². The molecule has 0 saturated heterocycles. The van der Waals surface area contributed by atoms with Crippen LogP contribution in [0.1, 0.15) is 56.6 Å². The van der Waals surface area contributed by atoms with Gasteiger partial charge >= 0.3 is 0 Å². The molecule has 1 saturated carbocycles. The van der Waals surface area contributed by atoms with Crippen LogP contribution in [-0.4, -0.2) is 30.3 Å². The summed E-state index contributed by atoms with van der Waals surface area (Å²) < 4.78 is 19.8. The van der Waals surface area contributed by atoms with Crippen molar-refractivity contribution in [3.63, 3.8) is 0 Å². The summed E-state index contributed by atoms with van der Waals surface area (Å²) in [5, 5.41) is 0.791. The van der Waals surface area contributed by atoms with Gasteiger partial charge in [0, 0.05) is 36.5 Å². The number of nitrogens with zero attached hydrogens (tertiary/aromatic N) is 1. The number of benzene rings is 2. The van der Waals surface area contributed by atoms with E-state index in [9.17, 15) is 9.18 Å². The SMILES string of the molecule is CC(CCN1CC=C(c2cc(F)cc3ccoc23)C1)(C(=O)C1CCCCC1)c1ccccc1. The number of fused-ring (bicyclic) bond motifs is 1. The quantitative estimate of drug-likeness (QED) is 0.402. The molecule has 1 aliphatic carbocycles. The fourth-order valence-corrected chi connectivity index (χ4v) is 5.67.